The molecule has 1 heterocycles. The summed E-state index contributed by atoms with van der Waals surface area (Å²) < 4.78 is 4.98. The van der Waals surface area contributed by atoms with Crippen LogP contribution in [0.3, 0.4) is 0 Å². The van der Waals surface area contributed by atoms with Crippen LogP contribution in [0.4, 0.5) is 5.69 Å². The second-order valence-electron chi connectivity index (χ2n) is 3.91. The molecule has 0 amide bonds. The van der Waals surface area contributed by atoms with Crippen LogP contribution in [0.25, 0.3) is 0 Å². The molecule has 0 N–H and O–H groups in total. The summed E-state index contributed by atoms with van der Waals surface area (Å²) >= 11 is 0. The number of para-hydroxylation sites is 1. The van der Waals surface area contributed by atoms with Crippen LogP contribution in [0, 0.1) is 11.3 Å². The quantitative estimate of drug-likeness (QED) is 0.739. The van der Waals surface area contributed by atoms with Gasteiger partial charge in [-0.15, -0.1) is 0 Å². The highest BCUT2D eigenvalue weighted by Gasteiger charge is 2.32. The molecular formula is C13H14N2O2. The number of anilines is 1. The van der Waals surface area contributed by atoms with Gasteiger partial charge in [0, 0.05) is 18.7 Å². The van der Waals surface area contributed by atoms with Crippen LogP contribution in [0.1, 0.15) is 12.8 Å². The summed E-state index contributed by atoms with van der Waals surface area (Å²) in [6.45, 7) is 1.03. The molecule has 1 aromatic carbocycles. The number of benzene rings is 1. The van der Waals surface area contributed by atoms with E-state index in [0.717, 1.165) is 5.69 Å². The maximum Gasteiger partial charge on any atom is 0.328 e. The zero-order valence-electron chi connectivity index (χ0n) is 9.50. The van der Waals surface area contributed by atoms with Crippen molar-refractivity contribution in [2.75, 3.05) is 18.1 Å². The minimum atomic E-state index is -0.245. The van der Waals surface area contributed by atoms with Crippen LogP contribution in [-0.2, 0) is 9.53 Å². The molecule has 4 nitrogen and oxygen atoms in total. The number of rotatable bonds is 4. The van der Waals surface area contributed by atoms with Gasteiger partial charge in [-0.3, -0.25) is 0 Å². The number of carbonyl (C=O) groups excluding carboxylic acids is 1. The van der Waals surface area contributed by atoms with E-state index in [1.807, 2.05) is 35.2 Å². The van der Waals surface area contributed by atoms with Crippen molar-refractivity contribution in [1.29, 1.82) is 5.26 Å². The van der Waals surface area contributed by atoms with Gasteiger partial charge in [-0.05, 0) is 12.1 Å². The Balaban J connectivity index is 2.19. The maximum atomic E-state index is 11.6. The van der Waals surface area contributed by atoms with Crippen molar-refractivity contribution in [3.63, 3.8) is 0 Å². The lowest BCUT2D eigenvalue weighted by molar-refractivity contribution is -0.139. The molecule has 1 saturated heterocycles. The Bertz CT molecular complexity index is 425. The van der Waals surface area contributed by atoms with Gasteiger partial charge in [0.2, 0.25) is 0 Å². The Morgan fingerprint density at radius 1 is 1.41 bits per heavy atom. The highest BCUT2D eigenvalue weighted by Crippen LogP contribution is 2.22. The summed E-state index contributed by atoms with van der Waals surface area (Å²) in [5.41, 5.74) is 0.964. The van der Waals surface area contributed by atoms with Gasteiger partial charge in [0.25, 0.3) is 0 Å². The van der Waals surface area contributed by atoms with E-state index in [2.05, 4.69) is 6.07 Å². The molecule has 1 atom stereocenters. The molecule has 1 aromatic rings. The summed E-state index contributed by atoms with van der Waals surface area (Å²) in [7, 11) is 0. The summed E-state index contributed by atoms with van der Waals surface area (Å²) in [4.78, 5) is 13.6. The van der Waals surface area contributed by atoms with Crippen molar-refractivity contribution in [1.82, 2.24) is 0 Å². The second kappa shape index (κ2) is 5.35. The highest BCUT2D eigenvalue weighted by molar-refractivity contribution is 5.81. The Kier molecular flexibility index (Phi) is 3.61. The standard InChI is InChI=1S/C13H14N2O2/c14-8-4-9-15(11-5-2-1-3-6-11)12-7-10-17-13(12)16/h1-3,5-6,12H,4,7,9-10H2. The molecule has 0 saturated carbocycles. The third kappa shape index (κ3) is 2.56. The molecule has 17 heavy (non-hydrogen) atoms. The monoisotopic (exact) mass is 230 g/mol. The van der Waals surface area contributed by atoms with E-state index in [-0.39, 0.29) is 12.0 Å². The fourth-order valence-electron chi connectivity index (χ4n) is 2.02. The van der Waals surface area contributed by atoms with E-state index in [4.69, 9.17) is 10.00 Å². The molecule has 0 radical (unpaired) electrons. The SMILES string of the molecule is N#CCCN(c1ccccc1)C1CCOC1=O. The van der Waals surface area contributed by atoms with Crippen molar-refractivity contribution < 1.29 is 9.53 Å². The third-order valence-electron chi connectivity index (χ3n) is 2.84. The lowest BCUT2D eigenvalue weighted by Gasteiger charge is -2.27. The average Bonchev–Trinajstić information content (AvgIpc) is 2.78. The molecule has 1 unspecified atom stereocenters. The molecule has 1 aliphatic rings. The Morgan fingerprint density at radius 3 is 2.76 bits per heavy atom. The summed E-state index contributed by atoms with van der Waals surface area (Å²) in [5, 5.41) is 8.68. The first-order valence-electron chi connectivity index (χ1n) is 5.68. The number of cyclic esters (lactones) is 1. The zero-order chi connectivity index (χ0) is 12.1. The number of hydrogen-bond donors (Lipinski definition) is 0. The van der Waals surface area contributed by atoms with Crippen molar-refractivity contribution in [2.45, 2.75) is 18.9 Å². The number of nitriles is 1. The Morgan fingerprint density at radius 2 is 2.18 bits per heavy atom. The second-order valence-corrected chi connectivity index (χ2v) is 3.91. The fraction of sp³-hybridized carbons (Fsp3) is 0.385. The van der Waals surface area contributed by atoms with Crippen molar-refractivity contribution in [2.24, 2.45) is 0 Å². The average molecular weight is 230 g/mol. The first-order valence-corrected chi connectivity index (χ1v) is 5.68. The number of ether oxygens (including phenoxy) is 1. The number of hydrogen-bond acceptors (Lipinski definition) is 4. The first-order chi connectivity index (χ1) is 8.33. The van der Waals surface area contributed by atoms with Gasteiger partial charge >= 0.3 is 5.97 Å². The summed E-state index contributed by atoms with van der Waals surface area (Å²) in [5.74, 6) is -0.188. The van der Waals surface area contributed by atoms with Gasteiger partial charge in [0.15, 0.2) is 0 Å². The van der Waals surface area contributed by atoms with Gasteiger partial charge in [-0.2, -0.15) is 5.26 Å². The third-order valence-corrected chi connectivity index (χ3v) is 2.84. The molecule has 1 fully saturated rings. The van der Waals surface area contributed by atoms with Gasteiger partial charge in [-0.1, -0.05) is 18.2 Å². The molecule has 1 aliphatic heterocycles. The molecule has 88 valence electrons. The topological polar surface area (TPSA) is 53.3 Å². The number of nitrogens with zero attached hydrogens (tertiary/aromatic N) is 2. The number of carbonyl (C=O) groups is 1. The van der Waals surface area contributed by atoms with Crippen LogP contribution in [0.5, 0.6) is 0 Å². The van der Waals surface area contributed by atoms with E-state index in [1.165, 1.54) is 0 Å². The molecule has 2 rings (SSSR count). The van der Waals surface area contributed by atoms with Crippen LogP contribution in [0.2, 0.25) is 0 Å². The fourth-order valence-corrected chi connectivity index (χ4v) is 2.02. The van der Waals surface area contributed by atoms with Crippen molar-refractivity contribution in [3.05, 3.63) is 30.3 Å². The minimum Gasteiger partial charge on any atom is -0.464 e. The summed E-state index contributed by atoms with van der Waals surface area (Å²) in [6, 6.07) is 11.5. The van der Waals surface area contributed by atoms with Gasteiger partial charge < -0.3 is 9.64 Å². The molecule has 0 aromatic heterocycles. The smallest absolute Gasteiger partial charge is 0.328 e. The Labute approximate surface area is 100 Å². The van der Waals surface area contributed by atoms with Gasteiger partial charge in [0.1, 0.15) is 6.04 Å². The van der Waals surface area contributed by atoms with Crippen LogP contribution in [0.15, 0.2) is 30.3 Å². The van der Waals surface area contributed by atoms with Crippen molar-refractivity contribution >= 4 is 11.7 Å². The van der Waals surface area contributed by atoms with Crippen LogP contribution < -0.4 is 4.90 Å². The molecule has 4 heteroatoms. The van der Waals surface area contributed by atoms with E-state index in [9.17, 15) is 4.79 Å². The first kappa shape index (κ1) is 11.5. The zero-order valence-corrected chi connectivity index (χ0v) is 9.50. The van der Waals surface area contributed by atoms with E-state index >= 15 is 0 Å². The van der Waals surface area contributed by atoms with Gasteiger partial charge in [0.05, 0.1) is 19.1 Å². The van der Waals surface area contributed by atoms with E-state index < -0.39 is 0 Å². The minimum absolute atomic E-state index is 0.188. The largest absolute Gasteiger partial charge is 0.464 e. The van der Waals surface area contributed by atoms with E-state index in [0.29, 0.717) is 26.0 Å². The van der Waals surface area contributed by atoms with Crippen LogP contribution >= 0.6 is 0 Å². The molecule has 0 aliphatic carbocycles. The normalized spacial score (nSPS) is 18.5. The predicted octanol–water partition coefficient (Wildman–Crippen LogP) is 1.72. The molecule has 0 spiro atoms. The summed E-state index contributed by atoms with van der Waals surface area (Å²) in [6.07, 6.45) is 1.10. The predicted molar refractivity (Wildman–Crippen MR) is 63.4 cm³/mol. The van der Waals surface area contributed by atoms with Gasteiger partial charge in [-0.25, -0.2) is 4.79 Å². The van der Waals surface area contributed by atoms with Crippen LogP contribution in [-0.4, -0.2) is 25.2 Å². The lowest BCUT2D eigenvalue weighted by atomic mass is 10.1. The van der Waals surface area contributed by atoms with E-state index in [1.54, 1.807) is 0 Å². The van der Waals surface area contributed by atoms with Crippen molar-refractivity contribution in [3.8, 4) is 6.07 Å². The molecular weight excluding hydrogens is 216 g/mol. The number of esters is 1. The molecule has 0 bridgehead atoms. The lowest BCUT2D eigenvalue weighted by Crippen LogP contribution is -2.39. The maximum absolute atomic E-state index is 11.6. The highest BCUT2D eigenvalue weighted by atomic mass is 16.5. The Hall–Kier alpha value is -2.02.